The topological polar surface area (TPSA) is 40.6 Å². The Kier molecular flexibility index (Phi) is 3.57. The summed E-state index contributed by atoms with van der Waals surface area (Å²) in [4.78, 5) is 30.5. The maximum absolute atomic E-state index is 12.6. The lowest BCUT2D eigenvalue weighted by molar-refractivity contribution is -0.143. The molecule has 1 aliphatic carbocycles. The Bertz CT molecular complexity index is 588. The van der Waals surface area contributed by atoms with Crippen LogP contribution in [-0.4, -0.2) is 34.8 Å². The summed E-state index contributed by atoms with van der Waals surface area (Å²) in [6, 6.07) is 2.47. The molecule has 4 nitrogen and oxygen atoms in total. The molecule has 3 heterocycles. The molecule has 1 aromatic heterocycles. The van der Waals surface area contributed by atoms with Gasteiger partial charge in [-0.2, -0.15) is 0 Å². The Labute approximate surface area is 135 Å². The first-order chi connectivity index (χ1) is 10.7. The van der Waals surface area contributed by atoms with Crippen LogP contribution in [0.1, 0.15) is 49.1 Å². The van der Waals surface area contributed by atoms with Gasteiger partial charge in [0.05, 0.1) is 18.5 Å². The predicted molar refractivity (Wildman–Crippen MR) is 85.3 cm³/mol. The van der Waals surface area contributed by atoms with Crippen molar-refractivity contribution in [1.82, 2.24) is 9.80 Å². The van der Waals surface area contributed by atoms with Gasteiger partial charge >= 0.3 is 0 Å². The average molecular weight is 318 g/mol. The fourth-order valence-corrected chi connectivity index (χ4v) is 5.27. The molecule has 0 N–H and O–H groups in total. The number of carbonyl (C=O) groups is 2. The maximum atomic E-state index is 12.6. The Morgan fingerprint density at radius 3 is 2.55 bits per heavy atom. The summed E-state index contributed by atoms with van der Waals surface area (Å²) in [5.41, 5.74) is 1.37. The normalized spacial score (nSPS) is 32.2. The predicted octanol–water partition coefficient (Wildman–Crippen LogP) is 2.80. The second-order valence-corrected chi connectivity index (χ2v) is 7.78. The molecule has 0 spiro atoms. The molecule has 2 aliphatic heterocycles. The van der Waals surface area contributed by atoms with Crippen LogP contribution >= 0.6 is 11.3 Å². The molecule has 4 rings (SSSR count). The number of fused-ring (bicyclic) bond motifs is 2. The monoisotopic (exact) mass is 318 g/mol. The number of carbonyl (C=O) groups excluding carboxylic acids is 2. The summed E-state index contributed by atoms with van der Waals surface area (Å²) in [5.74, 6) is 0.104. The molecular formula is C17H22N2O2S. The molecule has 3 aliphatic rings. The van der Waals surface area contributed by atoms with E-state index >= 15 is 0 Å². The van der Waals surface area contributed by atoms with Crippen molar-refractivity contribution in [2.45, 2.75) is 45.1 Å². The van der Waals surface area contributed by atoms with E-state index in [4.69, 9.17) is 0 Å². The number of likely N-dealkylation sites (tertiary alicyclic amines) is 1. The van der Waals surface area contributed by atoms with E-state index in [1.165, 1.54) is 10.4 Å². The molecule has 2 amide bonds. The van der Waals surface area contributed by atoms with Crippen LogP contribution in [0.25, 0.3) is 0 Å². The number of hydrogen-bond acceptors (Lipinski definition) is 4. The van der Waals surface area contributed by atoms with Crippen LogP contribution in [0.15, 0.2) is 11.4 Å². The average Bonchev–Trinajstić information content (AvgIpc) is 3.10. The lowest BCUT2D eigenvalue weighted by Gasteiger charge is -2.35. The zero-order valence-electron chi connectivity index (χ0n) is 13.0. The molecule has 1 saturated heterocycles. The molecule has 5 heteroatoms. The highest BCUT2D eigenvalue weighted by Gasteiger charge is 2.48. The molecule has 22 heavy (non-hydrogen) atoms. The van der Waals surface area contributed by atoms with Crippen molar-refractivity contribution in [3.8, 4) is 0 Å². The van der Waals surface area contributed by atoms with Crippen molar-refractivity contribution in [1.29, 1.82) is 0 Å². The molecule has 1 aromatic rings. The van der Waals surface area contributed by atoms with Crippen molar-refractivity contribution in [2.24, 2.45) is 11.8 Å². The van der Waals surface area contributed by atoms with E-state index in [1.807, 2.05) is 11.3 Å². The van der Waals surface area contributed by atoms with Gasteiger partial charge in [-0.25, -0.2) is 0 Å². The fourth-order valence-electron chi connectivity index (χ4n) is 4.31. The highest BCUT2D eigenvalue weighted by atomic mass is 32.1. The smallest absolute Gasteiger partial charge is 0.234 e. The summed E-state index contributed by atoms with van der Waals surface area (Å²) in [6.07, 6.45) is 5.01. The van der Waals surface area contributed by atoms with Gasteiger partial charge in [-0.3, -0.25) is 19.4 Å². The third-order valence-corrected chi connectivity index (χ3v) is 6.66. The summed E-state index contributed by atoms with van der Waals surface area (Å²) in [5, 5.41) is 2.14. The third kappa shape index (κ3) is 2.14. The minimum Gasteiger partial charge on any atom is -0.278 e. The third-order valence-electron chi connectivity index (χ3n) is 5.66. The highest BCUT2D eigenvalue weighted by Crippen LogP contribution is 2.39. The minimum atomic E-state index is -0.0296. The van der Waals surface area contributed by atoms with E-state index < -0.39 is 0 Å². The molecule has 2 fully saturated rings. The van der Waals surface area contributed by atoms with Gasteiger partial charge in [0.25, 0.3) is 0 Å². The molecule has 0 bridgehead atoms. The number of imide groups is 1. The van der Waals surface area contributed by atoms with Gasteiger partial charge in [0.1, 0.15) is 0 Å². The van der Waals surface area contributed by atoms with E-state index in [9.17, 15) is 9.59 Å². The molecular weight excluding hydrogens is 296 g/mol. The summed E-state index contributed by atoms with van der Waals surface area (Å²) >= 11 is 1.82. The molecule has 118 valence electrons. The maximum Gasteiger partial charge on any atom is 0.234 e. The summed E-state index contributed by atoms with van der Waals surface area (Å²) < 4.78 is 0. The van der Waals surface area contributed by atoms with Crippen molar-refractivity contribution in [3.05, 3.63) is 21.9 Å². The first-order valence-electron chi connectivity index (χ1n) is 8.32. The van der Waals surface area contributed by atoms with E-state index in [-0.39, 0.29) is 23.7 Å². The van der Waals surface area contributed by atoms with E-state index in [1.54, 1.807) is 4.90 Å². The summed E-state index contributed by atoms with van der Waals surface area (Å²) in [7, 11) is 0. The van der Waals surface area contributed by atoms with E-state index in [0.29, 0.717) is 12.7 Å². The number of rotatable bonds is 2. The van der Waals surface area contributed by atoms with Crippen LogP contribution in [-0.2, 0) is 16.0 Å². The van der Waals surface area contributed by atoms with Gasteiger partial charge in [0.15, 0.2) is 0 Å². The largest absolute Gasteiger partial charge is 0.278 e. The molecule has 0 unspecified atom stereocenters. The molecule has 1 saturated carbocycles. The van der Waals surface area contributed by atoms with Crippen molar-refractivity contribution >= 4 is 23.2 Å². The Morgan fingerprint density at radius 2 is 1.86 bits per heavy atom. The first-order valence-corrected chi connectivity index (χ1v) is 9.20. The Balaban J connectivity index is 1.52. The van der Waals surface area contributed by atoms with Gasteiger partial charge < -0.3 is 0 Å². The number of thiophene rings is 1. The number of hydrogen-bond donors (Lipinski definition) is 0. The number of amides is 2. The number of nitrogens with zero attached hydrogens (tertiary/aromatic N) is 2. The second-order valence-electron chi connectivity index (χ2n) is 6.78. The van der Waals surface area contributed by atoms with Crippen molar-refractivity contribution < 1.29 is 9.59 Å². The lowest BCUT2D eigenvalue weighted by Crippen LogP contribution is -2.45. The first kappa shape index (κ1) is 14.4. The van der Waals surface area contributed by atoms with Crippen LogP contribution in [0, 0.1) is 11.8 Å². The van der Waals surface area contributed by atoms with E-state index in [2.05, 4.69) is 23.3 Å². The summed E-state index contributed by atoms with van der Waals surface area (Å²) in [6.45, 7) is 3.59. The van der Waals surface area contributed by atoms with Crippen LogP contribution in [0.5, 0.6) is 0 Å². The fraction of sp³-hybridized carbons (Fsp3) is 0.647. The Hall–Kier alpha value is -1.20. The highest BCUT2D eigenvalue weighted by molar-refractivity contribution is 7.10. The Morgan fingerprint density at radius 1 is 1.18 bits per heavy atom. The van der Waals surface area contributed by atoms with Gasteiger partial charge in [-0.15, -0.1) is 11.3 Å². The van der Waals surface area contributed by atoms with Crippen LogP contribution in [0.4, 0.5) is 0 Å². The molecule has 3 atom stereocenters. The zero-order chi connectivity index (χ0) is 15.3. The van der Waals surface area contributed by atoms with Gasteiger partial charge in [-0.05, 0) is 43.2 Å². The van der Waals surface area contributed by atoms with Gasteiger partial charge in [0.2, 0.25) is 11.8 Å². The van der Waals surface area contributed by atoms with Gasteiger partial charge in [0, 0.05) is 17.5 Å². The molecule has 0 radical (unpaired) electrons. The standard InChI is InChI=1S/C17H22N2O2S/c1-11-12-7-9-22-15(12)6-8-18(11)10-19-16(20)13-4-2-3-5-14(13)17(19)21/h7,9,11,13-14H,2-6,8,10H2,1H3/t11-,13-,14+/m0/s1. The van der Waals surface area contributed by atoms with Crippen molar-refractivity contribution in [3.63, 3.8) is 0 Å². The van der Waals surface area contributed by atoms with Gasteiger partial charge in [-0.1, -0.05) is 12.8 Å². The van der Waals surface area contributed by atoms with E-state index in [0.717, 1.165) is 38.6 Å². The molecule has 0 aromatic carbocycles. The van der Waals surface area contributed by atoms with Crippen molar-refractivity contribution in [2.75, 3.05) is 13.2 Å². The van der Waals surface area contributed by atoms with Crippen LogP contribution < -0.4 is 0 Å². The SMILES string of the molecule is C[C@H]1c2ccsc2CCN1CN1C(=O)[C@H]2CCCC[C@H]2C1=O. The minimum absolute atomic E-state index is 0.0296. The van der Waals surface area contributed by atoms with Crippen LogP contribution in [0.3, 0.4) is 0 Å². The zero-order valence-corrected chi connectivity index (χ0v) is 13.8. The van der Waals surface area contributed by atoms with Crippen LogP contribution in [0.2, 0.25) is 0 Å². The lowest BCUT2D eigenvalue weighted by atomic mass is 9.81. The second kappa shape index (κ2) is 5.46. The quantitative estimate of drug-likeness (QED) is 0.787.